The number of likely N-dealkylation sites (N-methyl/N-ethyl adjacent to an activating group) is 1. The van der Waals surface area contributed by atoms with Crippen LogP contribution in [0.1, 0.15) is 44.9 Å². The molecule has 0 amide bonds. The smallest absolute Gasteiger partial charge is 0.191 e. The zero-order valence-electron chi connectivity index (χ0n) is 15.2. The number of guanidine groups is 1. The number of rotatable bonds is 5. The lowest BCUT2D eigenvalue weighted by atomic mass is 10.0. The van der Waals surface area contributed by atoms with Crippen LogP contribution in [-0.2, 0) is 0 Å². The molecule has 0 saturated heterocycles. The summed E-state index contributed by atoms with van der Waals surface area (Å²) in [6, 6.07) is 8.98. The Hall–Kier alpha value is -1.55. The van der Waals surface area contributed by atoms with Crippen molar-refractivity contribution in [3.8, 4) is 0 Å². The second kappa shape index (κ2) is 8.18. The number of nitrogens with zero attached hydrogens (tertiary/aromatic N) is 2. The fourth-order valence-electron chi connectivity index (χ4n) is 2.20. The molecule has 4 heteroatoms. The van der Waals surface area contributed by atoms with E-state index < -0.39 is 0 Å². The van der Waals surface area contributed by atoms with Crippen molar-refractivity contribution < 1.29 is 0 Å². The molecule has 1 rings (SSSR count). The minimum Gasteiger partial charge on any atom is -0.357 e. The Morgan fingerprint density at radius 2 is 1.77 bits per heavy atom. The van der Waals surface area contributed by atoms with Gasteiger partial charge in [0.25, 0.3) is 0 Å². The Bertz CT molecular complexity index is 469. The minimum absolute atomic E-state index is 0.00151. The third-order valence-electron chi connectivity index (χ3n) is 3.35. The number of hydrogen-bond acceptors (Lipinski definition) is 2. The average molecular weight is 304 g/mol. The maximum atomic E-state index is 4.77. The topological polar surface area (TPSA) is 39.7 Å². The molecule has 1 atom stereocenters. The van der Waals surface area contributed by atoms with Crippen LogP contribution in [0.4, 0.5) is 0 Å². The Balaban J connectivity index is 2.88. The Morgan fingerprint density at radius 1 is 1.18 bits per heavy atom. The maximum Gasteiger partial charge on any atom is 0.191 e. The van der Waals surface area contributed by atoms with Crippen LogP contribution in [0.5, 0.6) is 0 Å². The monoisotopic (exact) mass is 304 g/mol. The van der Waals surface area contributed by atoms with Gasteiger partial charge in [0.05, 0.1) is 12.6 Å². The lowest BCUT2D eigenvalue weighted by molar-refractivity contribution is 0.306. The molecule has 1 aromatic carbocycles. The predicted molar refractivity (Wildman–Crippen MR) is 96.5 cm³/mol. The SMILES string of the molecule is CCNC(=NCC(c1ccc(C)cc1)N(C)C)NC(C)(C)C. The van der Waals surface area contributed by atoms with Gasteiger partial charge in [-0.2, -0.15) is 0 Å². The van der Waals surface area contributed by atoms with E-state index in [-0.39, 0.29) is 11.6 Å². The Morgan fingerprint density at radius 3 is 2.23 bits per heavy atom. The molecule has 0 aliphatic carbocycles. The maximum absolute atomic E-state index is 4.77. The van der Waals surface area contributed by atoms with Crippen LogP contribution < -0.4 is 10.6 Å². The minimum atomic E-state index is -0.00151. The van der Waals surface area contributed by atoms with Crippen molar-refractivity contribution in [1.82, 2.24) is 15.5 Å². The molecule has 22 heavy (non-hydrogen) atoms. The molecule has 2 N–H and O–H groups in total. The first-order chi connectivity index (χ1) is 10.2. The molecule has 0 spiro atoms. The second-order valence-electron chi connectivity index (χ2n) is 6.98. The number of aryl methyl sites for hydroxylation is 1. The van der Waals surface area contributed by atoms with Gasteiger partial charge in [0.2, 0.25) is 0 Å². The first kappa shape index (κ1) is 18.5. The summed E-state index contributed by atoms with van der Waals surface area (Å²) < 4.78 is 0. The highest BCUT2D eigenvalue weighted by Gasteiger charge is 2.16. The van der Waals surface area contributed by atoms with Gasteiger partial charge in [-0.25, -0.2) is 0 Å². The van der Waals surface area contributed by atoms with Crippen LogP contribution in [0.3, 0.4) is 0 Å². The number of benzene rings is 1. The summed E-state index contributed by atoms with van der Waals surface area (Å²) >= 11 is 0. The summed E-state index contributed by atoms with van der Waals surface area (Å²) in [6.07, 6.45) is 0. The zero-order chi connectivity index (χ0) is 16.8. The summed E-state index contributed by atoms with van der Waals surface area (Å²) in [5.74, 6) is 0.869. The molecule has 0 radical (unpaired) electrons. The summed E-state index contributed by atoms with van der Waals surface area (Å²) in [6.45, 7) is 12.2. The molecule has 0 fully saturated rings. The Kier molecular flexibility index (Phi) is 6.88. The summed E-state index contributed by atoms with van der Waals surface area (Å²) in [5.41, 5.74) is 2.58. The van der Waals surface area contributed by atoms with E-state index in [2.05, 4.69) is 88.5 Å². The molecular weight excluding hydrogens is 272 g/mol. The van der Waals surface area contributed by atoms with Gasteiger partial charge in [0.1, 0.15) is 0 Å². The van der Waals surface area contributed by atoms with Gasteiger partial charge in [0.15, 0.2) is 5.96 Å². The molecule has 0 aromatic heterocycles. The van der Waals surface area contributed by atoms with Gasteiger partial charge in [-0.3, -0.25) is 4.99 Å². The van der Waals surface area contributed by atoms with Crippen molar-refractivity contribution >= 4 is 5.96 Å². The zero-order valence-corrected chi connectivity index (χ0v) is 15.2. The highest BCUT2D eigenvalue weighted by molar-refractivity contribution is 5.80. The highest BCUT2D eigenvalue weighted by Crippen LogP contribution is 2.19. The molecular formula is C18H32N4. The highest BCUT2D eigenvalue weighted by atomic mass is 15.2. The molecule has 1 aromatic rings. The van der Waals surface area contributed by atoms with Crippen LogP contribution in [0, 0.1) is 6.92 Å². The van der Waals surface area contributed by atoms with Crippen molar-refractivity contribution in [3.05, 3.63) is 35.4 Å². The third kappa shape index (κ3) is 6.48. The molecule has 0 aliphatic heterocycles. The van der Waals surface area contributed by atoms with Crippen LogP contribution in [-0.4, -0.2) is 43.6 Å². The molecule has 0 aliphatic rings. The van der Waals surface area contributed by atoms with Crippen molar-refractivity contribution in [1.29, 1.82) is 0 Å². The van der Waals surface area contributed by atoms with E-state index in [9.17, 15) is 0 Å². The first-order valence-electron chi connectivity index (χ1n) is 8.02. The van der Waals surface area contributed by atoms with Crippen LogP contribution >= 0.6 is 0 Å². The van der Waals surface area contributed by atoms with Gasteiger partial charge in [-0.05, 0) is 54.3 Å². The van der Waals surface area contributed by atoms with Gasteiger partial charge in [-0.1, -0.05) is 29.8 Å². The van der Waals surface area contributed by atoms with Crippen LogP contribution in [0.2, 0.25) is 0 Å². The van der Waals surface area contributed by atoms with Gasteiger partial charge < -0.3 is 15.5 Å². The Labute approximate surface area is 136 Å². The molecule has 0 heterocycles. The third-order valence-corrected chi connectivity index (χ3v) is 3.35. The van der Waals surface area contributed by atoms with E-state index in [4.69, 9.17) is 4.99 Å². The summed E-state index contributed by atoms with van der Waals surface area (Å²) in [4.78, 5) is 6.99. The summed E-state index contributed by atoms with van der Waals surface area (Å²) in [5, 5.41) is 6.75. The van der Waals surface area contributed by atoms with Crippen molar-refractivity contribution in [2.75, 3.05) is 27.2 Å². The van der Waals surface area contributed by atoms with Crippen molar-refractivity contribution in [2.24, 2.45) is 4.99 Å². The normalized spacial score (nSPS) is 14.1. The van der Waals surface area contributed by atoms with E-state index in [0.29, 0.717) is 0 Å². The van der Waals surface area contributed by atoms with E-state index >= 15 is 0 Å². The first-order valence-corrected chi connectivity index (χ1v) is 8.02. The van der Waals surface area contributed by atoms with Crippen LogP contribution in [0.25, 0.3) is 0 Å². The largest absolute Gasteiger partial charge is 0.357 e. The van der Waals surface area contributed by atoms with Gasteiger partial charge in [0, 0.05) is 12.1 Å². The molecule has 0 saturated carbocycles. The number of aliphatic imine (C=N–C) groups is 1. The molecule has 0 bridgehead atoms. The van der Waals surface area contributed by atoms with E-state index in [1.165, 1.54) is 11.1 Å². The molecule has 4 nitrogen and oxygen atoms in total. The lowest BCUT2D eigenvalue weighted by Crippen LogP contribution is -2.47. The van der Waals surface area contributed by atoms with Crippen molar-refractivity contribution in [2.45, 2.75) is 46.2 Å². The molecule has 124 valence electrons. The average Bonchev–Trinajstić information content (AvgIpc) is 2.39. The fraction of sp³-hybridized carbons (Fsp3) is 0.611. The second-order valence-corrected chi connectivity index (χ2v) is 6.98. The lowest BCUT2D eigenvalue weighted by Gasteiger charge is -2.26. The summed E-state index contributed by atoms with van der Waals surface area (Å²) in [7, 11) is 4.20. The van der Waals surface area contributed by atoms with Gasteiger partial charge >= 0.3 is 0 Å². The standard InChI is InChI=1S/C18H32N4/c1-8-19-17(21-18(3,4)5)20-13-16(22(6)7)15-11-9-14(2)10-12-15/h9-12,16H,8,13H2,1-7H3,(H2,19,20,21). The van der Waals surface area contributed by atoms with E-state index in [0.717, 1.165) is 19.0 Å². The van der Waals surface area contributed by atoms with E-state index in [1.807, 2.05) is 0 Å². The number of nitrogens with one attached hydrogen (secondary N) is 2. The molecule has 1 unspecified atom stereocenters. The van der Waals surface area contributed by atoms with Crippen molar-refractivity contribution in [3.63, 3.8) is 0 Å². The number of hydrogen-bond donors (Lipinski definition) is 2. The van der Waals surface area contributed by atoms with Crippen LogP contribution in [0.15, 0.2) is 29.3 Å². The quantitative estimate of drug-likeness (QED) is 0.649. The predicted octanol–water partition coefficient (Wildman–Crippen LogP) is 2.95. The van der Waals surface area contributed by atoms with Gasteiger partial charge in [-0.15, -0.1) is 0 Å². The van der Waals surface area contributed by atoms with E-state index in [1.54, 1.807) is 0 Å². The fourth-order valence-corrected chi connectivity index (χ4v) is 2.20.